The van der Waals surface area contributed by atoms with E-state index in [4.69, 9.17) is 14.2 Å². The minimum atomic E-state index is -3.60. The normalized spacial score (nSPS) is 11.4. The Labute approximate surface area is 149 Å². The lowest BCUT2D eigenvalue weighted by atomic mass is 10.2. The summed E-state index contributed by atoms with van der Waals surface area (Å²) in [5.74, 6) is 1.80. The van der Waals surface area contributed by atoms with E-state index in [1.807, 2.05) is 13.0 Å². The highest BCUT2D eigenvalue weighted by atomic mass is 32.2. The summed E-state index contributed by atoms with van der Waals surface area (Å²) in [7, 11) is 1.04. The maximum absolute atomic E-state index is 12.7. The molecule has 0 bridgehead atoms. The molecule has 0 aromatic heterocycles. The molecular weight excluding hydrogens is 342 g/mol. The first-order valence-electron chi connectivity index (χ1n) is 7.82. The summed E-state index contributed by atoms with van der Waals surface area (Å²) < 4.78 is 42.5. The molecule has 0 spiro atoms. The van der Waals surface area contributed by atoms with Gasteiger partial charge < -0.3 is 14.2 Å². The zero-order valence-electron chi connectivity index (χ0n) is 14.9. The summed E-state index contributed by atoms with van der Waals surface area (Å²) in [6, 6.07) is 11.7. The lowest BCUT2D eigenvalue weighted by Crippen LogP contribution is -2.26. The molecule has 0 unspecified atom stereocenters. The summed E-state index contributed by atoms with van der Waals surface area (Å²) in [6.45, 7) is 2.63. The van der Waals surface area contributed by atoms with Crippen molar-refractivity contribution in [2.24, 2.45) is 0 Å². The number of methoxy groups -OCH3 is 2. The zero-order valence-corrected chi connectivity index (χ0v) is 15.7. The maximum atomic E-state index is 12.7. The van der Waals surface area contributed by atoms with Crippen LogP contribution < -0.4 is 14.2 Å². The quantitative estimate of drug-likeness (QED) is 0.720. The lowest BCUT2D eigenvalue weighted by molar-refractivity contribution is 0.340. The predicted molar refractivity (Wildman–Crippen MR) is 95.8 cm³/mol. The van der Waals surface area contributed by atoms with Crippen molar-refractivity contribution in [3.63, 3.8) is 0 Å². The molecule has 25 heavy (non-hydrogen) atoms. The van der Waals surface area contributed by atoms with E-state index < -0.39 is 10.0 Å². The van der Waals surface area contributed by atoms with Gasteiger partial charge in [-0.05, 0) is 48.9 Å². The van der Waals surface area contributed by atoms with E-state index in [9.17, 15) is 8.42 Å². The fourth-order valence-corrected chi connectivity index (χ4v) is 3.53. The van der Waals surface area contributed by atoms with Crippen LogP contribution >= 0.6 is 0 Å². The van der Waals surface area contributed by atoms with Crippen molar-refractivity contribution < 1.29 is 22.6 Å². The van der Waals surface area contributed by atoms with Gasteiger partial charge in [0.2, 0.25) is 10.0 Å². The molecule has 0 aliphatic carbocycles. The van der Waals surface area contributed by atoms with Gasteiger partial charge in [0.15, 0.2) is 11.5 Å². The third-order valence-electron chi connectivity index (χ3n) is 3.70. The molecule has 2 aromatic rings. The average Bonchev–Trinajstić information content (AvgIpc) is 2.62. The fraction of sp³-hybridized carbons (Fsp3) is 0.333. The first-order chi connectivity index (χ1) is 11.9. The predicted octanol–water partition coefficient (Wildman–Crippen LogP) is 2.92. The van der Waals surface area contributed by atoms with Gasteiger partial charge in [0.1, 0.15) is 5.75 Å². The zero-order chi connectivity index (χ0) is 18.4. The number of benzene rings is 2. The number of hydrogen-bond donors (Lipinski definition) is 0. The van der Waals surface area contributed by atoms with Crippen LogP contribution in [0.15, 0.2) is 47.4 Å². The summed E-state index contributed by atoms with van der Waals surface area (Å²) in [5, 5.41) is 0. The third-order valence-corrected chi connectivity index (χ3v) is 5.51. The Morgan fingerprint density at radius 2 is 1.60 bits per heavy atom. The molecule has 136 valence electrons. The van der Waals surface area contributed by atoms with E-state index in [1.165, 1.54) is 4.31 Å². The van der Waals surface area contributed by atoms with Gasteiger partial charge in [0.05, 0.1) is 25.7 Å². The Bertz CT molecular complexity index is 803. The Morgan fingerprint density at radius 3 is 2.16 bits per heavy atom. The van der Waals surface area contributed by atoms with Crippen LogP contribution in [0.2, 0.25) is 0 Å². The Morgan fingerprint density at radius 1 is 0.960 bits per heavy atom. The van der Waals surface area contributed by atoms with Gasteiger partial charge >= 0.3 is 0 Å². The van der Waals surface area contributed by atoms with Crippen LogP contribution in [-0.2, 0) is 16.6 Å². The number of nitrogens with zero attached hydrogens (tertiary/aromatic N) is 1. The molecule has 2 rings (SSSR count). The van der Waals surface area contributed by atoms with Crippen molar-refractivity contribution in [3.05, 3.63) is 48.0 Å². The topological polar surface area (TPSA) is 65.1 Å². The molecule has 7 heteroatoms. The fourth-order valence-electron chi connectivity index (χ4n) is 2.38. The first-order valence-corrected chi connectivity index (χ1v) is 9.26. The van der Waals surface area contributed by atoms with Crippen molar-refractivity contribution in [1.29, 1.82) is 0 Å². The number of sulfonamides is 1. The minimum absolute atomic E-state index is 0.218. The highest BCUT2D eigenvalue weighted by molar-refractivity contribution is 7.89. The molecule has 0 radical (unpaired) electrons. The highest BCUT2D eigenvalue weighted by Crippen LogP contribution is 2.28. The van der Waals surface area contributed by atoms with Crippen molar-refractivity contribution in [1.82, 2.24) is 4.31 Å². The standard InChI is InChI=1S/C18H23NO5S/c1-5-24-15-7-9-16(10-8-15)25(20,21)19(2)13-14-6-11-17(22-3)18(12-14)23-4/h6-12H,5,13H2,1-4H3. The molecule has 0 atom stereocenters. The van der Waals surface area contributed by atoms with E-state index in [2.05, 4.69) is 0 Å². The van der Waals surface area contributed by atoms with Crippen LogP contribution in [-0.4, -0.2) is 40.6 Å². The second-order valence-corrected chi connectivity index (χ2v) is 7.40. The van der Waals surface area contributed by atoms with Crippen LogP contribution in [0.25, 0.3) is 0 Å². The van der Waals surface area contributed by atoms with Gasteiger partial charge in [0, 0.05) is 13.6 Å². The summed E-state index contributed by atoms with van der Waals surface area (Å²) >= 11 is 0. The van der Waals surface area contributed by atoms with Crippen LogP contribution in [0, 0.1) is 0 Å². The van der Waals surface area contributed by atoms with Gasteiger partial charge in [-0.15, -0.1) is 0 Å². The number of hydrogen-bond acceptors (Lipinski definition) is 5. The van der Waals surface area contributed by atoms with Crippen molar-refractivity contribution in [2.75, 3.05) is 27.9 Å². The molecule has 0 saturated heterocycles. The smallest absolute Gasteiger partial charge is 0.243 e. The summed E-state index contributed by atoms with van der Waals surface area (Å²) in [4.78, 5) is 0.221. The van der Waals surface area contributed by atoms with E-state index >= 15 is 0 Å². The van der Waals surface area contributed by atoms with E-state index in [-0.39, 0.29) is 11.4 Å². The second-order valence-electron chi connectivity index (χ2n) is 5.35. The molecule has 2 aromatic carbocycles. The second kappa shape index (κ2) is 8.22. The van der Waals surface area contributed by atoms with Gasteiger partial charge in [-0.25, -0.2) is 8.42 Å². The van der Waals surface area contributed by atoms with E-state index in [1.54, 1.807) is 57.7 Å². The first kappa shape index (κ1) is 19.1. The van der Waals surface area contributed by atoms with Crippen molar-refractivity contribution in [3.8, 4) is 17.2 Å². The molecule has 0 saturated carbocycles. The lowest BCUT2D eigenvalue weighted by Gasteiger charge is -2.18. The number of ether oxygens (including phenoxy) is 3. The Hall–Kier alpha value is -2.25. The van der Waals surface area contributed by atoms with Crippen molar-refractivity contribution >= 4 is 10.0 Å². The van der Waals surface area contributed by atoms with Crippen LogP contribution in [0.4, 0.5) is 0 Å². The van der Waals surface area contributed by atoms with Gasteiger partial charge in [-0.1, -0.05) is 6.07 Å². The highest BCUT2D eigenvalue weighted by Gasteiger charge is 2.21. The molecule has 0 N–H and O–H groups in total. The van der Waals surface area contributed by atoms with Crippen LogP contribution in [0.3, 0.4) is 0 Å². The molecule has 0 amide bonds. The van der Waals surface area contributed by atoms with Gasteiger partial charge in [-0.2, -0.15) is 4.31 Å². The molecule has 0 fully saturated rings. The van der Waals surface area contributed by atoms with Gasteiger partial charge in [0.25, 0.3) is 0 Å². The average molecular weight is 365 g/mol. The molecular formula is C18H23NO5S. The Balaban J connectivity index is 2.19. The molecule has 0 aliphatic heterocycles. The molecule has 6 nitrogen and oxygen atoms in total. The maximum Gasteiger partial charge on any atom is 0.243 e. The third kappa shape index (κ3) is 4.43. The monoisotopic (exact) mass is 365 g/mol. The minimum Gasteiger partial charge on any atom is -0.494 e. The van der Waals surface area contributed by atoms with E-state index in [0.29, 0.717) is 23.9 Å². The molecule has 0 heterocycles. The number of rotatable bonds is 8. The van der Waals surface area contributed by atoms with Crippen LogP contribution in [0.5, 0.6) is 17.2 Å². The van der Waals surface area contributed by atoms with Gasteiger partial charge in [-0.3, -0.25) is 0 Å². The largest absolute Gasteiger partial charge is 0.494 e. The Kier molecular flexibility index (Phi) is 6.27. The van der Waals surface area contributed by atoms with E-state index in [0.717, 1.165) is 5.56 Å². The van der Waals surface area contributed by atoms with Crippen LogP contribution in [0.1, 0.15) is 12.5 Å². The molecule has 0 aliphatic rings. The summed E-state index contributed by atoms with van der Waals surface area (Å²) in [5.41, 5.74) is 0.801. The van der Waals surface area contributed by atoms with Crippen molar-refractivity contribution in [2.45, 2.75) is 18.4 Å². The summed E-state index contributed by atoms with van der Waals surface area (Å²) in [6.07, 6.45) is 0. The SMILES string of the molecule is CCOc1ccc(S(=O)(=O)N(C)Cc2ccc(OC)c(OC)c2)cc1.